The Morgan fingerprint density at radius 1 is 1.11 bits per heavy atom. The van der Waals surface area contributed by atoms with Crippen molar-refractivity contribution in [3.63, 3.8) is 0 Å². The molecule has 2 aromatic carbocycles. The summed E-state index contributed by atoms with van der Waals surface area (Å²) in [5.74, 6) is 0.241. The van der Waals surface area contributed by atoms with Crippen molar-refractivity contribution in [3.8, 4) is 11.3 Å². The van der Waals surface area contributed by atoms with Crippen LogP contribution in [0.15, 0.2) is 65.2 Å². The predicted octanol–water partition coefficient (Wildman–Crippen LogP) is 4.06. The standard InChI is InChI=1S/C20H17IN2O4/c21-15-7-4-8-16(11-15)23-18(24)13-26-20(25)10-9-19-22-12-17(27-19)14-5-2-1-3-6-14/h1-8,11-12H,9-10,13H2,(H,23,24). The van der Waals surface area contributed by atoms with Crippen molar-refractivity contribution >= 4 is 40.2 Å². The third kappa shape index (κ3) is 5.92. The molecule has 138 valence electrons. The van der Waals surface area contributed by atoms with Crippen LogP contribution in [0.25, 0.3) is 11.3 Å². The number of aromatic nitrogens is 1. The van der Waals surface area contributed by atoms with Gasteiger partial charge in [-0.1, -0.05) is 36.4 Å². The van der Waals surface area contributed by atoms with Gasteiger partial charge in [-0.15, -0.1) is 0 Å². The molecule has 0 atom stereocenters. The lowest BCUT2D eigenvalue weighted by molar-refractivity contribution is -0.147. The van der Waals surface area contributed by atoms with Gasteiger partial charge in [0.1, 0.15) is 0 Å². The molecule has 1 heterocycles. The number of carbonyl (C=O) groups excluding carboxylic acids is 2. The number of oxazole rings is 1. The molecule has 0 aliphatic heterocycles. The molecule has 27 heavy (non-hydrogen) atoms. The van der Waals surface area contributed by atoms with Crippen LogP contribution in [0, 0.1) is 3.57 Å². The number of benzene rings is 2. The highest BCUT2D eigenvalue weighted by Gasteiger charge is 2.11. The highest BCUT2D eigenvalue weighted by atomic mass is 127. The summed E-state index contributed by atoms with van der Waals surface area (Å²) in [5, 5.41) is 2.68. The number of hydrogen-bond acceptors (Lipinski definition) is 5. The number of esters is 1. The molecule has 1 amide bonds. The molecule has 1 N–H and O–H groups in total. The van der Waals surface area contributed by atoms with Gasteiger partial charge >= 0.3 is 5.97 Å². The van der Waals surface area contributed by atoms with Gasteiger partial charge in [-0.2, -0.15) is 0 Å². The molecule has 1 aromatic heterocycles. The van der Waals surface area contributed by atoms with Gasteiger partial charge in [-0.05, 0) is 40.8 Å². The zero-order valence-electron chi connectivity index (χ0n) is 14.4. The molecule has 7 heteroatoms. The van der Waals surface area contributed by atoms with Gasteiger partial charge in [0.25, 0.3) is 5.91 Å². The smallest absolute Gasteiger partial charge is 0.306 e. The Morgan fingerprint density at radius 3 is 2.70 bits per heavy atom. The lowest BCUT2D eigenvalue weighted by atomic mass is 10.2. The van der Waals surface area contributed by atoms with Gasteiger partial charge in [0.15, 0.2) is 18.3 Å². The first kappa shape index (κ1) is 19.1. The van der Waals surface area contributed by atoms with E-state index in [0.717, 1.165) is 9.13 Å². The first-order valence-electron chi connectivity index (χ1n) is 8.31. The van der Waals surface area contributed by atoms with E-state index in [0.29, 0.717) is 23.8 Å². The van der Waals surface area contributed by atoms with Crippen molar-refractivity contribution in [1.29, 1.82) is 0 Å². The summed E-state index contributed by atoms with van der Waals surface area (Å²) in [6.07, 6.45) is 2.03. The number of anilines is 1. The van der Waals surface area contributed by atoms with Crippen molar-refractivity contribution in [1.82, 2.24) is 4.98 Å². The van der Waals surface area contributed by atoms with Crippen molar-refractivity contribution in [2.45, 2.75) is 12.8 Å². The monoisotopic (exact) mass is 476 g/mol. The Labute approximate surface area is 170 Å². The van der Waals surface area contributed by atoms with Gasteiger partial charge in [0.05, 0.1) is 12.6 Å². The second kappa shape index (κ2) is 9.31. The molecule has 0 saturated heterocycles. The van der Waals surface area contributed by atoms with Crippen LogP contribution in [-0.4, -0.2) is 23.5 Å². The molecule has 0 aliphatic carbocycles. The summed E-state index contributed by atoms with van der Waals surface area (Å²) in [6.45, 7) is -0.328. The summed E-state index contributed by atoms with van der Waals surface area (Å²) in [7, 11) is 0. The zero-order chi connectivity index (χ0) is 19.1. The first-order valence-corrected chi connectivity index (χ1v) is 9.39. The number of carbonyl (C=O) groups is 2. The second-order valence-electron chi connectivity index (χ2n) is 5.70. The third-order valence-corrected chi connectivity index (χ3v) is 4.30. The van der Waals surface area contributed by atoms with Gasteiger partial charge in [0.2, 0.25) is 0 Å². The Morgan fingerprint density at radius 2 is 1.93 bits per heavy atom. The maximum absolute atomic E-state index is 11.8. The van der Waals surface area contributed by atoms with E-state index in [1.54, 1.807) is 12.3 Å². The van der Waals surface area contributed by atoms with Crippen LogP contribution >= 0.6 is 22.6 Å². The van der Waals surface area contributed by atoms with Crippen molar-refractivity contribution in [2.75, 3.05) is 11.9 Å². The number of nitrogens with zero attached hydrogens (tertiary/aromatic N) is 1. The summed E-state index contributed by atoms with van der Waals surface area (Å²) in [4.78, 5) is 27.8. The molecule has 3 rings (SSSR count). The minimum atomic E-state index is -0.479. The highest BCUT2D eigenvalue weighted by Crippen LogP contribution is 2.20. The number of hydrogen-bond donors (Lipinski definition) is 1. The number of ether oxygens (including phenoxy) is 1. The van der Waals surface area contributed by atoms with Gasteiger partial charge in [-0.3, -0.25) is 9.59 Å². The first-order chi connectivity index (χ1) is 13.1. The maximum Gasteiger partial charge on any atom is 0.306 e. The van der Waals surface area contributed by atoms with E-state index < -0.39 is 5.97 Å². The van der Waals surface area contributed by atoms with Crippen LogP contribution in [-0.2, 0) is 20.7 Å². The quantitative estimate of drug-likeness (QED) is 0.411. The fourth-order valence-electron chi connectivity index (χ4n) is 2.35. The topological polar surface area (TPSA) is 81.4 Å². The van der Waals surface area contributed by atoms with Crippen LogP contribution < -0.4 is 5.32 Å². The van der Waals surface area contributed by atoms with E-state index in [1.165, 1.54) is 0 Å². The van der Waals surface area contributed by atoms with Crippen LogP contribution in [0.3, 0.4) is 0 Å². The van der Waals surface area contributed by atoms with Gasteiger partial charge < -0.3 is 14.5 Å². The molecule has 3 aromatic rings. The fraction of sp³-hybridized carbons (Fsp3) is 0.150. The molecule has 0 unspecified atom stereocenters. The Kier molecular flexibility index (Phi) is 6.59. The van der Waals surface area contributed by atoms with E-state index in [1.807, 2.05) is 48.5 Å². The molecule has 0 saturated carbocycles. The van der Waals surface area contributed by atoms with E-state index in [2.05, 4.69) is 32.9 Å². The number of rotatable bonds is 7. The fourth-order valence-corrected chi connectivity index (χ4v) is 2.90. The highest BCUT2D eigenvalue weighted by molar-refractivity contribution is 14.1. The summed E-state index contributed by atoms with van der Waals surface area (Å²) in [5.41, 5.74) is 1.59. The second-order valence-corrected chi connectivity index (χ2v) is 6.95. The lowest BCUT2D eigenvalue weighted by Crippen LogP contribution is -2.21. The average molecular weight is 476 g/mol. The largest absolute Gasteiger partial charge is 0.456 e. The third-order valence-electron chi connectivity index (χ3n) is 3.63. The molecule has 6 nitrogen and oxygen atoms in total. The summed E-state index contributed by atoms with van der Waals surface area (Å²) >= 11 is 2.15. The predicted molar refractivity (Wildman–Crippen MR) is 109 cm³/mol. The van der Waals surface area contributed by atoms with Crippen molar-refractivity contribution in [3.05, 3.63) is 70.3 Å². The number of halogens is 1. The van der Waals surface area contributed by atoms with Crippen LogP contribution in [0.4, 0.5) is 5.69 Å². The number of nitrogens with one attached hydrogen (secondary N) is 1. The van der Waals surface area contributed by atoms with E-state index in [-0.39, 0.29) is 18.9 Å². The normalized spacial score (nSPS) is 10.4. The van der Waals surface area contributed by atoms with E-state index >= 15 is 0 Å². The minimum Gasteiger partial charge on any atom is -0.456 e. The summed E-state index contributed by atoms with van der Waals surface area (Å²) < 4.78 is 11.6. The average Bonchev–Trinajstić information content (AvgIpc) is 3.14. The summed E-state index contributed by atoms with van der Waals surface area (Å²) in [6, 6.07) is 16.9. The molecule has 0 aliphatic rings. The Hall–Kier alpha value is -2.68. The molecule has 0 radical (unpaired) electrons. The Bertz CT molecular complexity index is 924. The van der Waals surface area contributed by atoms with Crippen LogP contribution in [0.5, 0.6) is 0 Å². The SMILES string of the molecule is O=C(COC(=O)CCc1ncc(-c2ccccc2)o1)Nc1cccc(I)c1. The van der Waals surface area contributed by atoms with Gasteiger partial charge in [-0.25, -0.2) is 4.98 Å². The van der Waals surface area contributed by atoms with E-state index in [4.69, 9.17) is 9.15 Å². The molecular formula is C20H17IN2O4. The molecular weight excluding hydrogens is 459 g/mol. The lowest BCUT2D eigenvalue weighted by Gasteiger charge is -2.06. The Balaban J connectivity index is 1.42. The molecule has 0 fully saturated rings. The number of aryl methyl sites for hydroxylation is 1. The minimum absolute atomic E-state index is 0.0886. The maximum atomic E-state index is 11.8. The van der Waals surface area contributed by atoms with Crippen molar-refractivity contribution < 1.29 is 18.7 Å². The van der Waals surface area contributed by atoms with Gasteiger partial charge in [0, 0.05) is 21.2 Å². The van der Waals surface area contributed by atoms with Crippen molar-refractivity contribution in [2.24, 2.45) is 0 Å². The van der Waals surface area contributed by atoms with E-state index in [9.17, 15) is 9.59 Å². The van der Waals surface area contributed by atoms with Crippen LogP contribution in [0.1, 0.15) is 12.3 Å². The number of amides is 1. The molecule has 0 spiro atoms. The zero-order valence-corrected chi connectivity index (χ0v) is 16.5. The molecule has 0 bridgehead atoms. The van der Waals surface area contributed by atoms with Crippen LogP contribution in [0.2, 0.25) is 0 Å².